The van der Waals surface area contributed by atoms with E-state index in [0.29, 0.717) is 18.7 Å². The molecule has 0 fully saturated rings. The molecule has 2 nitrogen and oxygen atoms in total. The molecule has 1 aliphatic rings. The maximum Gasteiger partial charge on any atom is 0.224 e. The molecular formula is C13H12ClNO. The summed E-state index contributed by atoms with van der Waals surface area (Å²) in [5.74, 6) is 6.71. The van der Waals surface area contributed by atoms with Crippen LogP contribution in [0.4, 0.5) is 5.69 Å². The first-order chi connectivity index (χ1) is 7.79. The molecular weight excluding hydrogens is 222 g/mol. The highest BCUT2D eigenvalue weighted by Crippen LogP contribution is 2.23. The molecule has 0 unspecified atom stereocenters. The molecule has 0 saturated heterocycles. The molecule has 0 atom stereocenters. The summed E-state index contributed by atoms with van der Waals surface area (Å²) < 4.78 is 0. The monoisotopic (exact) mass is 233 g/mol. The third-order valence-corrected chi connectivity index (χ3v) is 2.64. The van der Waals surface area contributed by atoms with Crippen LogP contribution in [0.3, 0.4) is 0 Å². The fourth-order valence-electron chi connectivity index (χ4n) is 1.67. The SMILES string of the molecule is O=C1CCc2cc(C#CCCCl)ccc2N1. The van der Waals surface area contributed by atoms with E-state index in [1.807, 2.05) is 18.2 Å². The number of amides is 1. The molecule has 0 radical (unpaired) electrons. The normalized spacial score (nSPS) is 13.4. The largest absolute Gasteiger partial charge is 0.326 e. The van der Waals surface area contributed by atoms with E-state index in [1.165, 1.54) is 0 Å². The summed E-state index contributed by atoms with van der Waals surface area (Å²) >= 11 is 5.55. The van der Waals surface area contributed by atoms with Crippen molar-refractivity contribution < 1.29 is 4.79 Å². The van der Waals surface area contributed by atoms with Crippen molar-refractivity contribution in [2.75, 3.05) is 11.2 Å². The van der Waals surface area contributed by atoms with E-state index in [0.717, 1.165) is 23.2 Å². The van der Waals surface area contributed by atoms with Gasteiger partial charge in [-0.2, -0.15) is 0 Å². The highest BCUT2D eigenvalue weighted by atomic mass is 35.5. The molecule has 1 amide bonds. The van der Waals surface area contributed by atoms with Gasteiger partial charge in [-0.05, 0) is 30.2 Å². The number of aryl methyl sites for hydroxylation is 1. The number of nitrogens with one attached hydrogen (secondary N) is 1. The lowest BCUT2D eigenvalue weighted by Gasteiger charge is -2.16. The van der Waals surface area contributed by atoms with Gasteiger partial charge in [-0.15, -0.1) is 11.6 Å². The Bertz CT molecular complexity index is 471. The van der Waals surface area contributed by atoms with Gasteiger partial charge in [0.05, 0.1) is 0 Å². The zero-order valence-electron chi connectivity index (χ0n) is 8.85. The molecule has 0 aromatic heterocycles. The van der Waals surface area contributed by atoms with E-state index in [9.17, 15) is 4.79 Å². The van der Waals surface area contributed by atoms with Crippen LogP contribution in [0.15, 0.2) is 18.2 Å². The number of benzene rings is 1. The van der Waals surface area contributed by atoms with E-state index in [4.69, 9.17) is 11.6 Å². The maximum atomic E-state index is 11.2. The molecule has 1 aliphatic heterocycles. The average molecular weight is 234 g/mol. The van der Waals surface area contributed by atoms with Crippen molar-refractivity contribution in [3.63, 3.8) is 0 Å². The minimum absolute atomic E-state index is 0.0912. The third kappa shape index (κ3) is 2.56. The van der Waals surface area contributed by atoms with Gasteiger partial charge in [0.15, 0.2) is 0 Å². The second-order valence-corrected chi connectivity index (χ2v) is 4.04. The summed E-state index contributed by atoms with van der Waals surface area (Å²) in [7, 11) is 0. The molecule has 0 bridgehead atoms. The second kappa shape index (κ2) is 5.05. The van der Waals surface area contributed by atoms with Crippen LogP contribution >= 0.6 is 11.6 Å². The first-order valence-electron chi connectivity index (χ1n) is 5.27. The zero-order valence-corrected chi connectivity index (χ0v) is 9.60. The molecule has 3 heteroatoms. The fourth-order valence-corrected chi connectivity index (χ4v) is 1.77. The highest BCUT2D eigenvalue weighted by molar-refractivity contribution is 6.18. The van der Waals surface area contributed by atoms with Gasteiger partial charge in [0.2, 0.25) is 5.91 Å². The summed E-state index contributed by atoms with van der Waals surface area (Å²) in [6.07, 6.45) is 2.06. The number of fused-ring (bicyclic) bond motifs is 1. The smallest absolute Gasteiger partial charge is 0.224 e. The first-order valence-corrected chi connectivity index (χ1v) is 5.80. The Kier molecular flexibility index (Phi) is 3.48. The molecule has 1 N–H and O–H groups in total. The van der Waals surface area contributed by atoms with Gasteiger partial charge in [-0.25, -0.2) is 0 Å². The molecule has 0 aliphatic carbocycles. The Hall–Kier alpha value is -1.46. The third-order valence-electron chi connectivity index (χ3n) is 2.45. The molecule has 82 valence electrons. The highest BCUT2D eigenvalue weighted by Gasteiger charge is 2.13. The van der Waals surface area contributed by atoms with Gasteiger partial charge in [0.25, 0.3) is 0 Å². The number of carbonyl (C=O) groups is 1. The van der Waals surface area contributed by atoms with Crippen LogP contribution < -0.4 is 5.32 Å². The number of rotatable bonds is 1. The molecule has 0 spiro atoms. The second-order valence-electron chi connectivity index (χ2n) is 3.66. The van der Waals surface area contributed by atoms with Crippen molar-refractivity contribution in [2.45, 2.75) is 19.3 Å². The summed E-state index contributed by atoms with van der Waals surface area (Å²) in [6.45, 7) is 0. The lowest BCUT2D eigenvalue weighted by molar-refractivity contribution is -0.116. The minimum Gasteiger partial charge on any atom is -0.326 e. The van der Waals surface area contributed by atoms with E-state index < -0.39 is 0 Å². The number of hydrogen-bond donors (Lipinski definition) is 1. The van der Waals surface area contributed by atoms with E-state index >= 15 is 0 Å². The average Bonchev–Trinajstić information content (AvgIpc) is 2.29. The Morgan fingerprint density at radius 1 is 1.38 bits per heavy atom. The standard InChI is InChI=1S/C13H12ClNO/c14-8-2-1-3-10-4-6-12-11(9-10)5-7-13(16)15-12/h4,6,9H,2,5,7-8H2,(H,15,16). The lowest BCUT2D eigenvalue weighted by Crippen LogP contribution is -2.18. The van der Waals surface area contributed by atoms with Crippen molar-refractivity contribution in [2.24, 2.45) is 0 Å². The Balaban J connectivity index is 2.20. The van der Waals surface area contributed by atoms with Crippen LogP contribution in [0.1, 0.15) is 24.0 Å². The van der Waals surface area contributed by atoms with Gasteiger partial charge in [-0.3, -0.25) is 4.79 Å². The van der Waals surface area contributed by atoms with Crippen molar-refractivity contribution >= 4 is 23.2 Å². The van der Waals surface area contributed by atoms with E-state index in [2.05, 4.69) is 17.2 Å². The van der Waals surface area contributed by atoms with Gasteiger partial charge in [0, 0.05) is 30.0 Å². The molecule has 16 heavy (non-hydrogen) atoms. The molecule has 1 aromatic carbocycles. The number of hydrogen-bond acceptors (Lipinski definition) is 1. The Morgan fingerprint density at radius 3 is 3.06 bits per heavy atom. The van der Waals surface area contributed by atoms with Crippen LogP contribution in [-0.2, 0) is 11.2 Å². The van der Waals surface area contributed by atoms with Crippen molar-refractivity contribution in [3.8, 4) is 11.8 Å². The van der Waals surface area contributed by atoms with Gasteiger partial charge >= 0.3 is 0 Å². The Labute approximate surface area is 100.0 Å². The van der Waals surface area contributed by atoms with Crippen molar-refractivity contribution in [3.05, 3.63) is 29.3 Å². The maximum absolute atomic E-state index is 11.2. The van der Waals surface area contributed by atoms with Crippen LogP contribution in [0, 0.1) is 11.8 Å². The number of anilines is 1. The number of alkyl halides is 1. The van der Waals surface area contributed by atoms with Gasteiger partial charge < -0.3 is 5.32 Å². The van der Waals surface area contributed by atoms with Crippen LogP contribution in [-0.4, -0.2) is 11.8 Å². The summed E-state index contributed by atoms with van der Waals surface area (Å²) in [6, 6.07) is 5.87. The van der Waals surface area contributed by atoms with Gasteiger partial charge in [-0.1, -0.05) is 11.8 Å². The van der Waals surface area contributed by atoms with Crippen LogP contribution in [0.2, 0.25) is 0 Å². The van der Waals surface area contributed by atoms with Crippen molar-refractivity contribution in [1.82, 2.24) is 0 Å². The van der Waals surface area contributed by atoms with Crippen LogP contribution in [0.5, 0.6) is 0 Å². The number of halogens is 1. The predicted molar refractivity (Wildman–Crippen MR) is 65.6 cm³/mol. The van der Waals surface area contributed by atoms with Crippen molar-refractivity contribution in [1.29, 1.82) is 0 Å². The summed E-state index contributed by atoms with van der Waals surface area (Å²) in [5, 5.41) is 2.85. The predicted octanol–water partition coefficient (Wildman–Crippen LogP) is 2.55. The zero-order chi connectivity index (χ0) is 11.4. The van der Waals surface area contributed by atoms with E-state index in [1.54, 1.807) is 0 Å². The number of carbonyl (C=O) groups excluding carboxylic acids is 1. The topological polar surface area (TPSA) is 29.1 Å². The van der Waals surface area contributed by atoms with Crippen LogP contribution in [0.25, 0.3) is 0 Å². The molecule has 1 aromatic rings. The first kappa shape index (κ1) is 11.0. The lowest BCUT2D eigenvalue weighted by atomic mass is 10.0. The summed E-state index contributed by atoms with van der Waals surface area (Å²) in [4.78, 5) is 11.2. The molecule has 1 heterocycles. The van der Waals surface area contributed by atoms with Gasteiger partial charge in [0.1, 0.15) is 0 Å². The fraction of sp³-hybridized carbons (Fsp3) is 0.308. The Morgan fingerprint density at radius 2 is 2.25 bits per heavy atom. The minimum atomic E-state index is 0.0912. The quantitative estimate of drug-likeness (QED) is 0.586. The van der Waals surface area contributed by atoms with E-state index in [-0.39, 0.29) is 5.91 Å². The molecule has 2 rings (SSSR count). The molecule has 0 saturated carbocycles. The summed E-state index contributed by atoms with van der Waals surface area (Å²) in [5.41, 5.74) is 3.07.